The Balaban J connectivity index is 0. The van der Waals surface area contributed by atoms with E-state index in [1.54, 1.807) is 0 Å². The van der Waals surface area contributed by atoms with Gasteiger partial charge in [-0.25, -0.2) is 0 Å². The number of carboxylic acids is 1. The van der Waals surface area contributed by atoms with Crippen LogP contribution >= 0.6 is 12.0 Å². The van der Waals surface area contributed by atoms with E-state index >= 15 is 0 Å². The molecule has 0 fully saturated rings. The topological polar surface area (TPSA) is 125 Å². The number of hydrogen-bond acceptors (Lipinski definition) is 6. The molecule has 0 aromatic rings. The van der Waals surface area contributed by atoms with Crippen molar-refractivity contribution in [3.63, 3.8) is 0 Å². The summed E-state index contributed by atoms with van der Waals surface area (Å²) in [7, 11) is 0. The molecular formula is C13H23FmN2O6S-. The number of unbranched alkanes of at least 4 members (excludes halogenated alkanes) is 1. The van der Waals surface area contributed by atoms with E-state index in [2.05, 4.69) is 10.6 Å². The number of rotatable bonds is 15. The Morgan fingerprint density at radius 3 is 2.61 bits per heavy atom. The zero-order valence-corrected chi connectivity index (χ0v) is 15.9. The molecule has 0 radical (unpaired) electrons. The van der Waals surface area contributed by atoms with Gasteiger partial charge in [0.15, 0.2) is 0 Å². The van der Waals surface area contributed by atoms with Crippen molar-refractivity contribution in [1.82, 2.24) is 10.6 Å². The van der Waals surface area contributed by atoms with Crippen LogP contribution in [0.15, 0.2) is 0 Å². The number of aliphatic hydroxyl groups is 1. The third-order valence-corrected chi connectivity index (χ3v) is 3.44. The fourth-order valence-corrected chi connectivity index (χ4v) is 2.06. The molecule has 0 rings (SSSR count). The third-order valence-electron chi connectivity index (χ3n) is 2.65. The van der Waals surface area contributed by atoms with Crippen molar-refractivity contribution < 1.29 is 28.8 Å². The van der Waals surface area contributed by atoms with Crippen molar-refractivity contribution in [3.05, 3.63) is 0 Å². The molecule has 1 atom stereocenters. The van der Waals surface area contributed by atoms with Crippen LogP contribution in [0.3, 0.4) is 0 Å². The summed E-state index contributed by atoms with van der Waals surface area (Å²) in [4.78, 5) is 32.3. The van der Waals surface area contributed by atoms with Crippen molar-refractivity contribution in [3.8, 4) is 0 Å². The van der Waals surface area contributed by atoms with Crippen LogP contribution in [0.1, 0.15) is 32.1 Å². The maximum absolute atomic E-state index is 11.4. The molecule has 0 aromatic carbocycles. The molecule has 0 heterocycles. The van der Waals surface area contributed by atoms with Gasteiger partial charge in [0.05, 0.1) is 19.1 Å². The zero-order chi connectivity index (χ0) is 16.6. The van der Waals surface area contributed by atoms with Gasteiger partial charge < -0.3 is 29.8 Å². The molecule has 0 saturated heterocycles. The standard InChI is InChI=1S/C13H23N2O6S.Fm/c16-7-3-9-22-21-8-5-12(18)14-6-2-1-4-11(13(19)20)15-10-17;/h11,16H,1-9H2,(H,14,18)(H,15,17)(H,19,20);/q-1;. The van der Waals surface area contributed by atoms with Gasteiger partial charge in [0.2, 0.25) is 5.91 Å². The quantitative estimate of drug-likeness (QED) is 0.0901. The zero-order valence-electron chi connectivity index (χ0n) is 12.7. The minimum atomic E-state index is -1.09. The summed E-state index contributed by atoms with van der Waals surface area (Å²) in [5.41, 5.74) is 0. The smallest absolute Gasteiger partial charge is 0.323 e. The molecule has 0 aliphatic carbocycles. The monoisotopic (exact) mass is 592 g/mol. The number of carbonyl (C=O) groups excluding carboxylic acids is 2. The average molecular weight is 592 g/mol. The molecule has 4 N–H and O–H groups in total. The van der Waals surface area contributed by atoms with E-state index in [9.17, 15) is 14.4 Å². The first-order valence-electron chi connectivity index (χ1n) is 7.09. The van der Waals surface area contributed by atoms with E-state index in [4.69, 9.17) is 14.4 Å². The van der Waals surface area contributed by atoms with E-state index in [1.165, 1.54) is 18.5 Å². The van der Waals surface area contributed by atoms with Crippen LogP contribution in [-0.4, -0.2) is 60.1 Å². The Morgan fingerprint density at radius 1 is 1.26 bits per heavy atom. The molecular weight excluding hydrogens is 569 g/mol. The maximum atomic E-state index is 11.4. The first-order valence-corrected chi connectivity index (χ1v) is 8.00. The van der Waals surface area contributed by atoms with E-state index in [0.717, 1.165) is 0 Å². The summed E-state index contributed by atoms with van der Waals surface area (Å²) in [5, 5.41) is 22.2. The molecule has 0 bridgehead atoms. The van der Waals surface area contributed by atoms with Crippen LogP contribution in [0.4, 0.5) is 0 Å². The summed E-state index contributed by atoms with van der Waals surface area (Å²) < 4.78 is 5.15. The Hall–Kier alpha value is -2.32. The number of nitrogens with one attached hydrogen (secondary N) is 2. The minimum Gasteiger partial charge on any atom is -0.520 e. The number of carbonyl (C=O) groups is 2. The van der Waals surface area contributed by atoms with E-state index < -0.39 is 12.0 Å². The van der Waals surface area contributed by atoms with Gasteiger partial charge in [-0.2, -0.15) is 6.41 Å². The molecule has 10 heteroatoms. The van der Waals surface area contributed by atoms with Crippen LogP contribution in [-0.2, 0) is 18.6 Å². The van der Waals surface area contributed by atoms with Crippen LogP contribution in [0.25, 0.3) is 0 Å². The van der Waals surface area contributed by atoms with E-state index in [0.29, 0.717) is 44.6 Å². The largest absolute Gasteiger partial charge is 0.520 e. The molecule has 0 aliphatic rings. The molecule has 23 heavy (non-hydrogen) atoms. The van der Waals surface area contributed by atoms with Crippen molar-refractivity contribution >= 4 is 30.3 Å². The van der Waals surface area contributed by atoms with Gasteiger partial charge in [-0.05, 0) is 37.7 Å². The molecule has 1 unspecified atom stereocenters. The van der Waals surface area contributed by atoms with Gasteiger partial charge in [0.1, 0.15) is 0 Å². The maximum Gasteiger partial charge on any atom is 0.323 e. The van der Waals surface area contributed by atoms with Crippen molar-refractivity contribution in [2.75, 3.05) is 25.5 Å². The van der Waals surface area contributed by atoms with E-state index in [-0.39, 0.29) is 18.9 Å². The Morgan fingerprint density at radius 2 is 2.00 bits per heavy atom. The molecule has 0 saturated carbocycles. The summed E-state index contributed by atoms with van der Waals surface area (Å²) in [6.45, 7) is 0.885. The molecule has 0 spiro atoms. The number of aliphatic hydroxyl groups excluding tert-OH is 1. The van der Waals surface area contributed by atoms with Crippen LogP contribution < -0.4 is 10.6 Å². The van der Waals surface area contributed by atoms with Crippen molar-refractivity contribution in [2.45, 2.75) is 38.1 Å². The van der Waals surface area contributed by atoms with Crippen LogP contribution in [0.5, 0.6) is 0 Å². The summed E-state index contributed by atoms with van der Waals surface area (Å²) in [6.07, 6.45) is 3.78. The number of aliphatic carboxylic acids is 1. The van der Waals surface area contributed by atoms with Gasteiger partial charge in [-0.3, -0.25) is 9.59 Å². The Kier molecular flexibility index (Phi) is 16.0. The number of hydrogen-bond donors (Lipinski definition) is 4. The van der Waals surface area contributed by atoms with Gasteiger partial charge in [-0.1, -0.05) is 0 Å². The Bertz CT molecular complexity index is 336. The van der Waals surface area contributed by atoms with Crippen LogP contribution in [0.2, 0.25) is 0 Å². The molecule has 0 aliphatic heterocycles. The first-order chi connectivity index (χ1) is 10.6. The van der Waals surface area contributed by atoms with Crippen molar-refractivity contribution in [2.24, 2.45) is 0 Å². The Labute approximate surface area is 134 Å². The average Bonchev–Trinajstić information content (AvgIpc) is 2.49. The van der Waals surface area contributed by atoms with Gasteiger partial charge in [0, 0.05) is 18.9 Å². The molecule has 2 amide bonds. The summed E-state index contributed by atoms with van der Waals surface area (Å²) in [6, 6.07) is -0.933. The minimum absolute atomic E-state index is 0. The van der Waals surface area contributed by atoms with Gasteiger partial charge >= 0.3 is 5.97 Å². The first kappa shape index (κ1) is 23.0. The normalized spacial score (nSPS) is 11.2. The van der Waals surface area contributed by atoms with Crippen molar-refractivity contribution in [1.29, 1.82) is 0 Å². The predicted octanol–water partition coefficient (Wildman–Crippen LogP) is -0.180. The predicted molar refractivity (Wildman–Crippen MR) is 81.8 cm³/mol. The van der Waals surface area contributed by atoms with Gasteiger partial charge in [0.25, 0.3) is 0 Å². The van der Waals surface area contributed by atoms with Crippen LogP contribution in [0, 0.1) is 0 Å². The number of amides is 2. The second kappa shape index (κ2) is 16.1. The number of carboxylic acid groups (broad SMARTS) is 1. The molecule has 0 aromatic heterocycles. The summed E-state index contributed by atoms with van der Waals surface area (Å²) >= 11 is 1.23. The summed E-state index contributed by atoms with van der Waals surface area (Å²) in [5.74, 6) is -0.533. The second-order valence-corrected chi connectivity index (χ2v) is 5.33. The fourth-order valence-electron chi connectivity index (χ4n) is 1.49. The second-order valence-electron chi connectivity index (χ2n) is 4.45. The molecule has 8 nitrogen and oxygen atoms in total. The van der Waals surface area contributed by atoms with Gasteiger partial charge in [-0.15, -0.1) is 0 Å². The fraction of sp³-hybridized carbons (Fsp3) is 0.769. The molecule has 140 valence electrons. The third kappa shape index (κ3) is 14.4. The SMILES string of the molecule is O=[C-]NC(CCCCNC(=O)CCOSCCCO)C(=O)O.[Fm]. The van der Waals surface area contributed by atoms with E-state index in [1.807, 2.05) is 0 Å².